The quantitative estimate of drug-likeness (QED) is 0.680. The third-order valence-electron chi connectivity index (χ3n) is 3.27. The Labute approximate surface area is 103 Å². The zero-order valence-electron chi connectivity index (χ0n) is 9.63. The van der Waals surface area contributed by atoms with Gasteiger partial charge in [-0.1, -0.05) is 12.1 Å². The van der Waals surface area contributed by atoms with E-state index >= 15 is 0 Å². The van der Waals surface area contributed by atoms with E-state index in [4.69, 9.17) is 4.74 Å². The summed E-state index contributed by atoms with van der Waals surface area (Å²) in [5.74, 6) is 0.862. The molecule has 0 aromatic heterocycles. The summed E-state index contributed by atoms with van der Waals surface area (Å²) in [7, 11) is 0. The van der Waals surface area contributed by atoms with Crippen LogP contribution in [0.15, 0.2) is 46.5 Å². The largest absolute Gasteiger partial charge is 0.487 e. The van der Waals surface area contributed by atoms with Gasteiger partial charge in [0.15, 0.2) is 5.75 Å². The second kappa shape index (κ2) is 3.53. The maximum Gasteiger partial charge on any atom is 0.153 e. The van der Waals surface area contributed by atoms with Crippen LogP contribution in [0, 0.1) is 0 Å². The summed E-state index contributed by atoms with van der Waals surface area (Å²) in [5.41, 5.74) is 1.16. The Hall–Kier alpha value is -2.42. The molecule has 0 fully saturated rings. The van der Waals surface area contributed by atoms with Crippen LogP contribution in [-0.4, -0.2) is 12.8 Å². The molecule has 0 saturated heterocycles. The third-order valence-corrected chi connectivity index (χ3v) is 3.27. The minimum absolute atomic E-state index is 0.562. The number of ether oxygens (including phenoxy) is 1. The van der Waals surface area contributed by atoms with Crippen molar-refractivity contribution in [2.24, 2.45) is 9.98 Å². The van der Waals surface area contributed by atoms with Crippen molar-refractivity contribution >= 4 is 23.2 Å². The second-order valence-corrected chi connectivity index (χ2v) is 4.31. The molecule has 2 aliphatic heterocycles. The molecule has 0 radical (unpaired) electrons. The van der Waals surface area contributed by atoms with Crippen LogP contribution in [0.3, 0.4) is 0 Å². The SMILES string of the molecule is C1=CN=c2ccc3c4c(ccc3c2OC1)=CN=C4. The molecule has 3 nitrogen and oxygen atoms in total. The number of benzene rings is 2. The first kappa shape index (κ1) is 9.59. The van der Waals surface area contributed by atoms with Crippen LogP contribution in [0.5, 0.6) is 5.75 Å². The molecule has 2 aliphatic rings. The van der Waals surface area contributed by atoms with Gasteiger partial charge in [0.1, 0.15) is 12.0 Å². The standard InChI is InChI=1S/C15H10N2O/c1-6-17-14-5-4-11-12(15(14)18-7-1)3-2-10-8-16-9-13(10)11/h1-6,8-9H,7H2. The van der Waals surface area contributed by atoms with E-state index in [1.165, 1.54) is 5.39 Å². The van der Waals surface area contributed by atoms with Gasteiger partial charge in [0.2, 0.25) is 0 Å². The Morgan fingerprint density at radius 1 is 1.06 bits per heavy atom. The molecule has 4 rings (SSSR count). The lowest BCUT2D eigenvalue weighted by Gasteiger charge is -2.08. The predicted octanol–water partition coefficient (Wildman–Crippen LogP) is 1.54. The predicted molar refractivity (Wildman–Crippen MR) is 71.4 cm³/mol. The van der Waals surface area contributed by atoms with E-state index in [0.29, 0.717) is 6.61 Å². The average molecular weight is 234 g/mol. The fraction of sp³-hybridized carbons (Fsp3) is 0.0667. The first-order chi connectivity index (χ1) is 8.93. The molecule has 0 atom stereocenters. The van der Waals surface area contributed by atoms with E-state index in [2.05, 4.69) is 28.2 Å². The van der Waals surface area contributed by atoms with Gasteiger partial charge in [-0.25, -0.2) is 0 Å². The van der Waals surface area contributed by atoms with Crippen molar-refractivity contribution < 1.29 is 4.74 Å². The smallest absolute Gasteiger partial charge is 0.153 e. The number of nitrogens with zero attached hydrogens (tertiary/aromatic N) is 2. The first-order valence-corrected chi connectivity index (χ1v) is 5.88. The van der Waals surface area contributed by atoms with Crippen LogP contribution in [0.1, 0.15) is 5.56 Å². The summed E-state index contributed by atoms with van der Waals surface area (Å²) < 4.78 is 5.79. The first-order valence-electron chi connectivity index (χ1n) is 5.88. The molecule has 0 amide bonds. The molecule has 0 unspecified atom stereocenters. The maximum atomic E-state index is 5.79. The maximum absolute atomic E-state index is 5.79. The Balaban J connectivity index is 2.18. The molecule has 0 saturated carbocycles. The van der Waals surface area contributed by atoms with E-state index in [9.17, 15) is 0 Å². The van der Waals surface area contributed by atoms with Gasteiger partial charge in [0.25, 0.3) is 0 Å². The summed E-state index contributed by atoms with van der Waals surface area (Å²) in [5, 5.41) is 4.31. The Morgan fingerprint density at radius 3 is 3.00 bits per heavy atom. The highest BCUT2D eigenvalue weighted by Crippen LogP contribution is 2.24. The van der Waals surface area contributed by atoms with Crippen LogP contribution in [0.25, 0.3) is 17.0 Å². The van der Waals surface area contributed by atoms with Crippen molar-refractivity contribution in [3.8, 4) is 5.75 Å². The fourth-order valence-corrected chi connectivity index (χ4v) is 2.42. The van der Waals surface area contributed by atoms with Gasteiger partial charge < -0.3 is 4.74 Å². The molecule has 0 aliphatic carbocycles. The van der Waals surface area contributed by atoms with Gasteiger partial charge in [-0.05, 0) is 23.6 Å². The van der Waals surface area contributed by atoms with Crippen molar-refractivity contribution in [3.63, 3.8) is 0 Å². The molecule has 3 heteroatoms. The molecule has 2 aromatic rings. The number of hydrogen-bond donors (Lipinski definition) is 0. The van der Waals surface area contributed by atoms with E-state index in [1.807, 2.05) is 24.6 Å². The van der Waals surface area contributed by atoms with Crippen LogP contribution in [0.2, 0.25) is 0 Å². The highest BCUT2D eigenvalue weighted by atomic mass is 16.5. The molecular weight excluding hydrogens is 224 g/mol. The summed E-state index contributed by atoms with van der Waals surface area (Å²) >= 11 is 0. The zero-order valence-corrected chi connectivity index (χ0v) is 9.63. The molecular formula is C15H10N2O. The Morgan fingerprint density at radius 2 is 2.00 bits per heavy atom. The van der Waals surface area contributed by atoms with Crippen LogP contribution in [0.4, 0.5) is 0 Å². The van der Waals surface area contributed by atoms with E-state index in [0.717, 1.165) is 27.3 Å². The van der Waals surface area contributed by atoms with Crippen molar-refractivity contribution in [2.75, 3.05) is 6.61 Å². The van der Waals surface area contributed by atoms with Gasteiger partial charge in [-0.15, -0.1) is 0 Å². The third kappa shape index (κ3) is 1.24. The topological polar surface area (TPSA) is 34.0 Å². The summed E-state index contributed by atoms with van der Waals surface area (Å²) in [4.78, 5) is 8.59. The van der Waals surface area contributed by atoms with Gasteiger partial charge in [0.05, 0.1) is 0 Å². The normalized spacial score (nSPS) is 15.3. The summed E-state index contributed by atoms with van der Waals surface area (Å²) in [6.45, 7) is 0.562. The molecule has 0 N–H and O–H groups in total. The van der Waals surface area contributed by atoms with Gasteiger partial charge in [-0.2, -0.15) is 0 Å². The van der Waals surface area contributed by atoms with Crippen molar-refractivity contribution in [2.45, 2.75) is 0 Å². The van der Waals surface area contributed by atoms with Gasteiger partial charge in [0, 0.05) is 34.8 Å². The van der Waals surface area contributed by atoms with E-state index < -0.39 is 0 Å². The fourth-order valence-electron chi connectivity index (χ4n) is 2.42. The lowest BCUT2D eigenvalue weighted by Crippen LogP contribution is -2.10. The van der Waals surface area contributed by atoms with Gasteiger partial charge >= 0.3 is 0 Å². The Bertz CT molecular complexity index is 832. The number of fused-ring (bicyclic) bond motifs is 5. The molecule has 2 aromatic carbocycles. The van der Waals surface area contributed by atoms with Crippen LogP contribution >= 0.6 is 0 Å². The van der Waals surface area contributed by atoms with Crippen LogP contribution < -0.4 is 15.3 Å². The van der Waals surface area contributed by atoms with E-state index in [-0.39, 0.29) is 0 Å². The second-order valence-electron chi connectivity index (χ2n) is 4.31. The van der Waals surface area contributed by atoms with Crippen molar-refractivity contribution in [1.82, 2.24) is 0 Å². The minimum Gasteiger partial charge on any atom is -0.487 e. The summed E-state index contributed by atoms with van der Waals surface area (Å²) in [6, 6.07) is 8.25. The molecule has 18 heavy (non-hydrogen) atoms. The highest BCUT2D eigenvalue weighted by Gasteiger charge is 2.11. The molecule has 86 valence electrons. The van der Waals surface area contributed by atoms with Gasteiger partial charge in [-0.3, -0.25) is 9.98 Å². The van der Waals surface area contributed by atoms with Crippen molar-refractivity contribution in [1.29, 1.82) is 0 Å². The summed E-state index contributed by atoms with van der Waals surface area (Å²) in [6.07, 6.45) is 7.48. The number of rotatable bonds is 0. The number of hydrogen-bond acceptors (Lipinski definition) is 3. The van der Waals surface area contributed by atoms with Crippen LogP contribution in [-0.2, 0) is 0 Å². The molecule has 0 bridgehead atoms. The number of aliphatic imine (C=N–C) groups is 1. The molecule has 0 spiro atoms. The zero-order chi connectivity index (χ0) is 11.9. The highest BCUT2D eigenvalue weighted by molar-refractivity contribution is 6.04. The Kier molecular flexibility index (Phi) is 1.88. The van der Waals surface area contributed by atoms with Crippen molar-refractivity contribution in [3.05, 3.63) is 52.7 Å². The monoisotopic (exact) mass is 234 g/mol. The minimum atomic E-state index is 0.562. The average Bonchev–Trinajstić information content (AvgIpc) is 2.75. The molecule has 2 heterocycles. The lowest BCUT2D eigenvalue weighted by molar-refractivity contribution is 0.365. The lowest BCUT2D eigenvalue weighted by atomic mass is 10.0. The van der Waals surface area contributed by atoms with E-state index in [1.54, 1.807) is 6.20 Å².